The predicted octanol–water partition coefficient (Wildman–Crippen LogP) is 15.4. The Kier molecular flexibility index (Phi) is 71.5. The SMILES string of the molecule is CCCCCCCCCCCC(=O)OC[C@H](CSCCC(=O)NCCOCCOCC(N)O[P+](=O)OC(N)COCCOCCNC(=O)CCSC[C@@H](COC(=O)CCCCCCCCCCC)OC(=O)CCCCCCCCCCC)OC(=O)CCCCCCCCCCC. The Balaban J connectivity index is 4.33. The maximum atomic E-state index is 12.8. The Morgan fingerprint density at radius 2 is 0.615 bits per heavy atom. The van der Waals surface area contributed by atoms with Gasteiger partial charge in [-0.3, -0.25) is 40.2 Å². The highest BCUT2D eigenvalue weighted by Crippen LogP contribution is 2.26. The summed E-state index contributed by atoms with van der Waals surface area (Å²) in [6, 6.07) is 0. The maximum Gasteiger partial charge on any atom is 0.700 e. The molecular weight excluding hydrogens is 1290 g/mol. The number of nitrogens with two attached hydrogens (primary N) is 2. The number of carbonyl (C=O) groups excluding carboxylic acids is 6. The van der Waals surface area contributed by atoms with Gasteiger partial charge in [0.15, 0.2) is 12.5 Å². The molecule has 0 aliphatic heterocycles. The number of rotatable bonds is 76. The lowest BCUT2D eigenvalue weighted by Crippen LogP contribution is -2.31. The Hall–Kier alpha value is -2.70. The second kappa shape index (κ2) is 73.5. The Morgan fingerprint density at radius 1 is 0.344 bits per heavy atom. The second-order valence-corrected chi connectivity index (χ2v) is 28.3. The molecule has 0 radical (unpaired) electrons. The first-order valence-electron chi connectivity index (χ1n) is 37.8. The molecule has 0 aromatic rings. The predicted molar refractivity (Wildman–Crippen MR) is 388 cm³/mol. The molecule has 24 heteroatoms. The standard InChI is InChI=1S/C72H137N4O17PS2/c1-5-9-13-17-21-25-29-33-37-41-69(79)88-57-63(90-71(81)43-39-35-31-27-23-19-15-11-7-3)61-95-55-45-67(77)75-47-49-84-51-53-86-59-65(73)92-94(83)93-66(74)60-87-54-52-85-50-48-76-68(78)46-56-96-62-64(91-72(82)44-40-36-32-28-24-20-16-12-8-4)58-89-70(80)42-38-34-30-26-22-18-14-10-6-2/h63-66H,5-62,73-74H2,1-4H3,(H-,75,76,77,78)/p+1/t63-,64-,65?,66?/m1/s1. The molecule has 0 aliphatic rings. The molecule has 0 aromatic heterocycles. The number of carbonyl (C=O) groups is 6. The van der Waals surface area contributed by atoms with Crippen molar-refractivity contribution >= 4 is 67.5 Å². The van der Waals surface area contributed by atoms with E-state index in [0.29, 0.717) is 61.8 Å². The summed E-state index contributed by atoms with van der Waals surface area (Å²) in [6.45, 7) is 10.6. The largest absolute Gasteiger partial charge is 0.700 e. The van der Waals surface area contributed by atoms with E-state index in [2.05, 4.69) is 38.3 Å². The summed E-state index contributed by atoms with van der Waals surface area (Å²) in [7, 11) is -2.68. The highest BCUT2D eigenvalue weighted by molar-refractivity contribution is 7.99. The molecule has 564 valence electrons. The summed E-state index contributed by atoms with van der Waals surface area (Å²) in [4.78, 5) is 75.9. The average Bonchev–Trinajstić information content (AvgIpc) is 3.54. The van der Waals surface area contributed by atoms with Crippen LogP contribution < -0.4 is 22.1 Å². The zero-order chi connectivity index (χ0) is 70.3. The van der Waals surface area contributed by atoms with Gasteiger partial charge >= 0.3 is 32.1 Å². The van der Waals surface area contributed by atoms with Crippen molar-refractivity contribution < 1.29 is 80.3 Å². The van der Waals surface area contributed by atoms with Crippen LogP contribution in [0.2, 0.25) is 0 Å². The molecule has 2 amide bonds. The molecule has 6 N–H and O–H groups in total. The van der Waals surface area contributed by atoms with E-state index in [1.165, 1.54) is 178 Å². The molecular formula is C72H138N4O17PS2+. The van der Waals surface area contributed by atoms with E-state index in [9.17, 15) is 33.3 Å². The molecule has 0 spiro atoms. The average molecular weight is 1430 g/mol. The zero-order valence-electron chi connectivity index (χ0n) is 60.7. The number of hydrogen-bond acceptors (Lipinski definition) is 21. The van der Waals surface area contributed by atoms with Crippen molar-refractivity contribution in [3.8, 4) is 0 Å². The van der Waals surface area contributed by atoms with Crippen LogP contribution in [-0.2, 0) is 80.3 Å². The van der Waals surface area contributed by atoms with Crippen LogP contribution in [0.4, 0.5) is 0 Å². The van der Waals surface area contributed by atoms with Crippen molar-refractivity contribution in [2.75, 3.05) is 102 Å². The minimum absolute atomic E-state index is 0.00303. The quantitative estimate of drug-likeness (QED) is 0.0145. The summed E-state index contributed by atoms with van der Waals surface area (Å²) in [6.07, 6.45) is 40.1. The molecule has 0 aromatic carbocycles. The van der Waals surface area contributed by atoms with Crippen LogP contribution in [0.25, 0.3) is 0 Å². The lowest BCUT2D eigenvalue weighted by Gasteiger charge is -2.18. The van der Waals surface area contributed by atoms with Gasteiger partial charge in [0.1, 0.15) is 25.4 Å². The van der Waals surface area contributed by atoms with Crippen molar-refractivity contribution in [3.05, 3.63) is 0 Å². The van der Waals surface area contributed by atoms with E-state index < -0.39 is 32.9 Å². The van der Waals surface area contributed by atoms with E-state index >= 15 is 0 Å². The van der Waals surface area contributed by atoms with Crippen LogP contribution >= 0.6 is 31.8 Å². The first kappa shape index (κ1) is 93.3. The molecule has 4 atom stereocenters. The highest BCUT2D eigenvalue weighted by Gasteiger charge is 2.29. The summed E-state index contributed by atoms with van der Waals surface area (Å²) in [5.41, 5.74) is 11.8. The monoisotopic (exact) mass is 1430 g/mol. The molecule has 2 unspecified atom stereocenters. The van der Waals surface area contributed by atoms with Crippen LogP contribution in [-0.4, -0.2) is 163 Å². The third kappa shape index (κ3) is 69.8. The van der Waals surface area contributed by atoms with E-state index in [1.54, 1.807) is 0 Å². The molecule has 0 aliphatic carbocycles. The van der Waals surface area contributed by atoms with E-state index in [0.717, 1.165) is 77.0 Å². The van der Waals surface area contributed by atoms with Crippen LogP contribution in [0, 0.1) is 0 Å². The molecule has 0 fully saturated rings. The van der Waals surface area contributed by atoms with Crippen molar-refractivity contribution in [2.24, 2.45) is 11.5 Å². The van der Waals surface area contributed by atoms with Crippen LogP contribution in [0.15, 0.2) is 0 Å². The van der Waals surface area contributed by atoms with Gasteiger partial charge in [-0.1, -0.05) is 242 Å². The molecule has 96 heavy (non-hydrogen) atoms. The van der Waals surface area contributed by atoms with Gasteiger partial charge in [0.25, 0.3) is 0 Å². The van der Waals surface area contributed by atoms with Crippen molar-refractivity contribution in [3.63, 3.8) is 0 Å². The van der Waals surface area contributed by atoms with Gasteiger partial charge in [0, 0.05) is 79.2 Å². The lowest BCUT2D eigenvalue weighted by molar-refractivity contribution is -0.157. The lowest BCUT2D eigenvalue weighted by atomic mass is 10.1. The Morgan fingerprint density at radius 3 is 0.917 bits per heavy atom. The molecule has 0 heterocycles. The summed E-state index contributed by atoms with van der Waals surface area (Å²) in [5.74, 6) is 0.396. The Labute approximate surface area is 591 Å². The first-order valence-corrected chi connectivity index (χ1v) is 41.3. The minimum Gasteiger partial charge on any atom is -0.462 e. The summed E-state index contributed by atoms with van der Waals surface area (Å²) >= 11 is 2.95. The van der Waals surface area contributed by atoms with E-state index in [-0.39, 0.29) is 115 Å². The third-order valence-electron chi connectivity index (χ3n) is 15.8. The van der Waals surface area contributed by atoms with Gasteiger partial charge in [0.2, 0.25) is 11.8 Å². The van der Waals surface area contributed by atoms with Gasteiger partial charge < -0.3 is 48.5 Å². The smallest absolute Gasteiger partial charge is 0.462 e. The number of esters is 4. The second-order valence-electron chi connectivity index (χ2n) is 25.1. The number of hydrogen-bond donors (Lipinski definition) is 4. The third-order valence-corrected chi connectivity index (χ3v) is 18.9. The number of amides is 2. The van der Waals surface area contributed by atoms with E-state index in [1.807, 2.05) is 0 Å². The van der Waals surface area contributed by atoms with Crippen molar-refractivity contribution in [1.82, 2.24) is 10.6 Å². The first-order chi connectivity index (χ1) is 46.8. The van der Waals surface area contributed by atoms with Gasteiger partial charge in [-0.25, -0.2) is 0 Å². The topological polar surface area (TPSA) is 288 Å². The Bertz CT molecular complexity index is 1710. The molecule has 0 saturated heterocycles. The van der Waals surface area contributed by atoms with Gasteiger partial charge in [-0.05, 0) is 25.7 Å². The van der Waals surface area contributed by atoms with E-state index in [4.69, 9.17) is 58.4 Å². The van der Waals surface area contributed by atoms with Crippen molar-refractivity contribution in [2.45, 2.75) is 322 Å². The molecule has 0 rings (SSSR count). The number of unbranched alkanes of at least 4 members (excludes halogenated alkanes) is 32. The fourth-order valence-electron chi connectivity index (χ4n) is 10.2. The molecule has 0 saturated carbocycles. The number of nitrogens with one attached hydrogen (secondary N) is 2. The van der Waals surface area contributed by atoms with Crippen LogP contribution in [0.5, 0.6) is 0 Å². The van der Waals surface area contributed by atoms with Gasteiger partial charge in [-0.15, -0.1) is 0 Å². The fourth-order valence-corrected chi connectivity index (χ4v) is 12.6. The molecule has 21 nitrogen and oxygen atoms in total. The molecule has 0 bridgehead atoms. The highest BCUT2D eigenvalue weighted by atomic mass is 32.2. The maximum absolute atomic E-state index is 12.8. The van der Waals surface area contributed by atoms with Crippen molar-refractivity contribution in [1.29, 1.82) is 0 Å². The van der Waals surface area contributed by atoms with Gasteiger partial charge in [-0.2, -0.15) is 23.5 Å². The fraction of sp³-hybridized carbons (Fsp3) is 0.917. The van der Waals surface area contributed by atoms with Crippen LogP contribution in [0.1, 0.15) is 297 Å². The number of ether oxygens (including phenoxy) is 8. The number of thioether (sulfide) groups is 2. The summed E-state index contributed by atoms with van der Waals surface area (Å²) < 4.78 is 67.4. The van der Waals surface area contributed by atoms with Crippen LogP contribution in [0.3, 0.4) is 0 Å². The normalized spacial score (nSPS) is 12.8. The van der Waals surface area contributed by atoms with Gasteiger partial charge in [0.05, 0.1) is 52.9 Å². The minimum atomic E-state index is -2.68. The summed E-state index contributed by atoms with van der Waals surface area (Å²) in [5, 5.41) is 5.66. The zero-order valence-corrected chi connectivity index (χ0v) is 63.2.